The Morgan fingerprint density at radius 3 is 3.10 bits per heavy atom. The Balaban J connectivity index is 1.48. The lowest BCUT2D eigenvalue weighted by atomic mass is 10.1. The zero-order valence-corrected chi connectivity index (χ0v) is 11.6. The standard InChI is InChI=1S/C16H21N3O/c20-16(19-13-8-9-17-11-13)7-3-4-12-10-18-15-6-2-1-5-14(12)15/h1-2,5-6,10,13,17-18H,3-4,7-9,11H2,(H,19,20)/t13-/m0/s1. The van der Waals surface area contributed by atoms with Crippen LogP contribution in [0.2, 0.25) is 0 Å². The Morgan fingerprint density at radius 2 is 2.25 bits per heavy atom. The van der Waals surface area contributed by atoms with Crippen molar-refractivity contribution in [3.8, 4) is 0 Å². The van der Waals surface area contributed by atoms with Crippen LogP contribution in [-0.2, 0) is 11.2 Å². The van der Waals surface area contributed by atoms with E-state index in [4.69, 9.17) is 0 Å². The normalized spacial score (nSPS) is 18.5. The van der Waals surface area contributed by atoms with Crippen LogP contribution in [-0.4, -0.2) is 30.0 Å². The van der Waals surface area contributed by atoms with E-state index in [1.807, 2.05) is 6.07 Å². The van der Waals surface area contributed by atoms with E-state index in [1.54, 1.807) is 0 Å². The Morgan fingerprint density at radius 1 is 1.35 bits per heavy atom. The molecule has 4 nitrogen and oxygen atoms in total. The second kappa shape index (κ2) is 6.09. The molecule has 1 aliphatic heterocycles. The van der Waals surface area contributed by atoms with Crippen molar-refractivity contribution < 1.29 is 4.79 Å². The predicted octanol–water partition coefficient (Wildman–Crippen LogP) is 1.97. The van der Waals surface area contributed by atoms with Crippen molar-refractivity contribution in [1.82, 2.24) is 15.6 Å². The highest BCUT2D eigenvalue weighted by atomic mass is 16.1. The molecule has 1 aliphatic rings. The molecule has 4 heteroatoms. The number of hydrogen-bond acceptors (Lipinski definition) is 2. The minimum atomic E-state index is 0.179. The molecule has 0 aliphatic carbocycles. The maximum atomic E-state index is 11.8. The summed E-state index contributed by atoms with van der Waals surface area (Å²) in [5.41, 5.74) is 2.47. The summed E-state index contributed by atoms with van der Waals surface area (Å²) in [5.74, 6) is 0.179. The summed E-state index contributed by atoms with van der Waals surface area (Å²) < 4.78 is 0. The van der Waals surface area contributed by atoms with Crippen LogP contribution in [0, 0.1) is 0 Å². The van der Waals surface area contributed by atoms with Gasteiger partial charge >= 0.3 is 0 Å². The van der Waals surface area contributed by atoms with E-state index in [2.05, 4.69) is 40.0 Å². The summed E-state index contributed by atoms with van der Waals surface area (Å²) in [7, 11) is 0. The van der Waals surface area contributed by atoms with Gasteiger partial charge in [0.25, 0.3) is 0 Å². The zero-order chi connectivity index (χ0) is 13.8. The van der Waals surface area contributed by atoms with Gasteiger partial charge in [-0.05, 0) is 37.4 Å². The van der Waals surface area contributed by atoms with Crippen molar-refractivity contribution in [2.45, 2.75) is 31.7 Å². The zero-order valence-electron chi connectivity index (χ0n) is 11.6. The van der Waals surface area contributed by atoms with Gasteiger partial charge < -0.3 is 15.6 Å². The topological polar surface area (TPSA) is 56.9 Å². The molecule has 106 valence electrons. The van der Waals surface area contributed by atoms with Crippen LogP contribution in [0.4, 0.5) is 0 Å². The number of aryl methyl sites for hydroxylation is 1. The van der Waals surface area contributed by atoms with Gasteiger partial charge in [0.15, 0.2) is 0 Å². The van der Waals surface area contributed by atoms with Crippen LogP contribution < -0.4 is 10.6 Å². The number of carbonyl (C=O) groups is 1. The highest BCUT2D eigenvalue weighted by Crippen LogP contribution is 2.19. The van der Waals surface area contributed by atoms with Crippen LogP contribution in [0.5, 0.6) is 0 Å². The molecule has 0 unspecified atom stereocenters. The molecule has 1 fully saturated rings. The van der Waals surface area contributed by atoms with Crippen molar-refractivity contribution in [2.24, 2.45) is 0 Å². The smallest absolute Gasteiger partial charge is 0.220 e. The number of carbonyl (C=O) groups excluding carboxylic acids is 1. The fourth-order valence-electron chi connectivity index (χ4n) is 2.86. The lowest BCUT2D eigenvalue weighted by molar-refractivity contribution is -0.121. The van der Waals surface area contributed by atoms with E-state index in [-0.39, 0.29) is 5.91 Å². The van der Waals surface area contributed by atoms with Crippen LogP contribution in [0.1, 0.15) is 24.8 Å². The van der Waals surface area contributed by atoms with E-state index in [0.717, 1.165) is 32.4 Å². The first-order valence-electron chi connectivity index (χ1n) is 7.38. The molecule has 1 aromatic carbocycles. The lowest BCUT2D eigenvalue weighted by Gasteiger charge is -2.10. The SMILES string of the molecule is O=C(CCCc1c[nH]c2ccccc12)N[C@H]1CCNC1. The highest BCUT2D eigenvalue weighted by Gasteiger charge is 2.16. The number of H-pyrrole nitrogens is 1. The number of amides is 1. The first kappa shape index (κ1) is 13.2. The molecule has 20 heavy (non-hydrogen) atoms. The van der Waals surface area contributed by atoms with Gasteiger partial charge in [-0.25, -0.2) is 0 Å². The third-order valence-electron chi connectivity index (χ3n) is 3.95. The van der Waals surface area contributed by atoms with Crippen LogP contribution >= 0.6 is 0 Å². The molecule has 1 aromatic heterocycles. The van der Waals surface area contributed by atoms with Crippen LogP contribution in [0.15, 0.2) is 30.5 Å². The third kappa shape index (κ3) is 3.02. The summed E-state index contributed by atoms with van der Waals surface area (Å²) in [4.78, 5) is 15.1. The number of aromatic amines is 1. The number of rotatable bonds is 5. The Kier molecular flexibility index (Phi) is 4.02. The second-order valence-corrected chi connectivity index (χ2v) is 5.47. The predicted molar refractivity (Wildman–Crippen MR) is 80.7 cm³/mol. The quantitative estimate of drug-likeness (QED) is 0.778. The monoisotopic (exact) mass is 271 g/mol. The number of para-hydroxylation sites is 1. The summed E-state index contributed by atoms with van der Waals surface area (Å²) in [6.07, 6.45) is 5.56. The molecule has 0 saturated carbocycles. The van der Waals surface area contributed by atoms with Gasteiger partial charge in [0.2, 0.25) is 5.91 Å². The summed E-state index contributed by atoms with van der Waals surface area (Å²) in [6.45, 7) is 1.93. The van der Waals surface area contributed by atoms with E-state index in [9.17, 15) is 4.79 Å². The molecule has 2 heterocycles. The number of fused-ring (bicyclic) bond motifs is 1. The Bertz CT molecular complexity index is 584. The van der Waals surface area contributed by atoms with E-state index >= 15 is 0 Å². The van der Waals surface area contributed by atoms with Gasteiger partial charge in [-0.15, -0.1) is 0 Å². The maximum absolute atomic E-state index is 11.8. The average molecular weight is 271 g/mol. The average Bonchev–Trinajstić information content (AvgIpc) is 3.09. The fraction of sp³-hybridized carbons (Fsp3) is 0.438. The summed E-state index contributed by atoms with van der Waals surface area (Å²) in [5, 5.41) is 7.62. The van der Waals surface area contributed by atoms with E-state index < -0.39 is 0 Å². The lowest BCUT2D eigenvalue weighted by Crippen LogP contribution is -2.36. The second-order valence-electron chi connectivity index (χ2n) is 5.47. The molecule has 1 atom stereocenters. The van der Waals surface area contributed by atoms with Gasteiger partial charge in [0.05, 0.1) is 0 Å². The van der Waals surface area contributed by atoms with Crippen molar-refractivity contribution >= 4 is 16.8 Å². The molecule has 1 amide bonds. The van der Waals surface area contributed by atoms with Gasteiger partial charge in [-0.2, -0.15) is 0 Å². The highest BCUT2D eigenvalue weighted by molar-refractivity contribution is 5.83. The van der Waals surface area contributed by atoms with Crippen LogP contribution in [0.25, 0.3) is 10.9 Å². The van der Waals surface area contributed by atoms with Crippen molar-refractivity contribution in [3.05, 3.63) is 36.0 Å². The number of benzene rings is 1. The molecule has 0 radical (unpaired) electrons. The first-order valence-corrected chi connectivity index (χ1v) is 7.38. The largest absolute Gasteiger partial charge is 0.361 e. The number of nitrogens with one attached hydrogen (secondary N) is 3. The minimum Gasteiger partial charge on any atom is -0.361 e. The fourth-order valence-corrected chi connectivity index (χ4v) is 2.86. The van der Waals surface area contributed by atoms with Gasteiger partial charge in [0, 0.05) is 36.1 Å². The Labute approximate surface area is 118 Å². The van der Waals surface area contributed by atoms with Gasteiger partial charge in [0.1, 0.15) is 0 Å². The molecule has 0 bridgehead atoms. The molecular formula is C16H21N3O. The molecule has 0 spiro atoms. The molecular weight excluding hydrogens is 250 g/mol. The summed E-state index contributed by atoms with van der Waals surface area (Å²) in [6, 6.07) is 8.63. The molecule has 3 rings (SSSR count). The van der Waals surface area contributed by atoms with Gasteiger partial charge in [-0.3, -0.25) is 4.79 Å². The van der Waals surface area contributed by atoms with Crippen molar-refractivity contribution in [1.29, 1.82) is 0 Å². The van der Waals surface area contributed by atoms with E-state index in [0.29, 0.717) is 12.5 Å². The number of hydrogen-bond donors (Lipinski definition) is 3. The van der Waals surface area contributed by atoms with Crippen molar-refractivity contribution in [2.75, 3.05) is 13.1 Å². The first-order chi connectivity index (χ1) is 9.83. The minimum absolute atomic E-state index is 0.179. The maximum Gasteiger partial charge on any atom is 0.220 e. The van der Waals surface area contributed by atoms with Crippen molar-refractivity contribution in [3.63, 3.8) is 0 Å². The van der Waals surface area contributed by atoms with E-state index in [1.165, 1.54) is 16.5 Å². The molecule has 1 saturated heterocycles. The molecule has 2 aromatic rings. The summed E-state index contributed by atoms with van der Waals surface area (Å²) >= 11 is 0. The van der Waals surface area contributed by atoms with Crippen LogP contribution in [0.3, 0.4) is 0 Å². The molecule has 3 N–H and O–H groups in total. The third-order valence-corrected chi connectivity index (χ3v) is 3.95. The van der Waals surface area contributed by atoms with Gasteiger partial charge in [-0.1, -0.05) is 18.2 Å². The number of aromatic nitrogens is 1. The Hall–Kier alpha value is -1.81.